The highest BCUT2D eigenvalue weighted by atomic mass is 19.1. The van der Waals surface area contributed by atoms with Crippen molar-refractivity contribution in [2.24, 2.45) is 4.99 Å². The van der Waals surface area contributed by atoms with Gasteiger partial charge < -0.3 is 20.3 Å². The second-order valence-corrected chi connectivity index (χ2v) is 6.30. The van der Waals surface area contributed by atoms with Crippen molar-refractivity contribution in [3.05, 3.63) is 29.6 Å². The van der Waals surface area contributed by atoms with E-state index in [4.69, 9.17) is 4.74 Å². The van der Waals surface area contributed by atoms with Gasteiger partial charge in [-0.1, -0.05) is 32.3 Å². The van der Waals surface area contributed by atoms with Crippen molar-refractivity contribution in [2.45, 2.75) is 39.2 Å². The molecule has 0 aromatic heterocycles. The van der Waals surface area contributed by atoms with Gasteiger partial charge in [0.15, 0.2) is 5.96 Å². The van der Waals surface area contributed by atoms with Gasteiger partial charge in [0.2, 0.25) is 0 Å². The summed E-state index contributed by atoms with van der Waals surface area (Å²) in [6, 6.07) is 5.43. The Hall–Kier alpha value is -1.82. The Morgan fingerprint density at radius 3 is 2.68 bits per heavy atom. The predicted molar refractivity (Wildman–Crippen MR) is 102 cm³/mol. The van der Waals surface area contributed by atoms with Gasteiger partial charge in [0.05, 0.1) is 18.9 Å². The number of benzene rings is 1. The second-order valence-electron chi connectivity index (χ2n) is 6.30. The van der Waals surface area contributed by atoms with Gasteiger partial charge in [0.1, 0.15) is 5.82 Å². The number of anilines is 1. The summed E-state index contributed by atoms with van der Waals surface area (Å²) < 4.78 is 19.7. The van der Waals surface area contributed by atoms with Crippen LogP contribution in [0.15, 0.2) is 23.2 Å². The lowest BCUT2D eigenvalue weighted by Gasteiger charge is -2.29. The summed E-state index contributed by atoms with van der Waals surface area (Å²) in [6.45, 7) is 6.45. The summed E-state index contributed by atoms with van der Waals surface area (Å²) in [7, 11) is 1.75. The Balaban J connectivity index is 1.80. The van der Waals surface area contributed by atoms with Crippen molar-refractivity contribution < 1.29 is 9.13 Å². The molecular formula is C19H31FN4O. The second kappa shape index (κ2) is 10.9. The van der Waals surface area contributed by atoms with Gasteiger partial charge in [-0.3, -0.25) is 4.99 Å². The van der Waals surface area contributed by atoms with Gasteiger partial charge in [-0.2, -0.15) is 0 Å². The summed E-state index contributed by atoms with van der Waals surface area (Å²) in [5.41, 5.74) is 1.56. The van der Waals surface area contributed by atoms with E-state index < -0.39 is 0 Å². The van der Waals surface area contributed by atoms with Gasteiger partial charge in [-0.25, -0.2) is 4.39 Å². The molecule has 6 heteroatoms. The maximum absolute atomic E-state index is 14.4. The number of nitrogens with zero attached hydrogens (tertiary/aromatic N) is 2. The number of hydrogen-bond donors (Lipinski definition) is 2. The Morgan fingerprint density at radius 2 is 2.00 bits per heavy atom. The number of aliphatic imine (C=N–C) groups is 1. The van der Waals surface area contributed by atoms with Crippen molar-refractivity contribution in [3.63, 3.8) is 0 Å². The van der Waals surface area contributed by atoms with E-state index in [9.17, 15) is 4.39 Å². The average Bonchev–Trinajstić information content (AvgIpc) is 2.65. The number of halogens is 1. The predicted octanol–water partition coefficient (Wildman–Crippen LogP) is 2.91. The highest BCUT2D eigenvalue weighted by molar-refractivity contribution is 5.79. The number of guanidine groups is 1. The Morgan fingerprint density at radius 1 is 1.20 bits per heavy atom. The van der Waals surface area contributed by atoms with Crippen LogP contribution in [0.2, 0.25) is 0 Å². The highest BCUT2D eigenvalue weighted by Gasteiger charge is 2.15. The molecule has 0 aliphatic carbocycles. The van der Waals surface area contributed by atoms with E-state index in [1.54, 1.807) is 13.1 Å². The molecule has 2 N–H and O–H groups in total. The third kappa shape index (κ3) is 6.53. The molecular weight excluding hydrogens is 319 g/mol. The van der Waals surface area contributed by atoms with Crippen LogP contribution >= 0.6 is 0 Å². The average molecular weight is 350 g/mol. The van der Waals surface area contributed by atoms with Crippen molar-refractivity contribution in [1.29, 1.82) is 0 Å². The minimum Gasteiger partial charge on any atom is -0.378 e. The molecule has 0 unspecified atom stereocenters. The quantitative estimate of drug-likeness (QED) is 0.430. The van der Waals surface area contributed by atoms with Crippen LogP contribution in [0.1, 0.15) is 38.2 Å². The molecule has 1 aliphatic heterocycles. The maximum Gasteiger partial charge on any atom is 0.191 e. The molecule has 0 saturated carbocycles. The van der Waals surface area contributed by atoms with Crippen LogP contribution in [0.5, 0.6) is 0 Å². The summed E-state index contributed by atoms with van der Waals surface area (Å²) in [5, 5.41) is 6.54. The summed E-state index contributed by atoms with van der Waals surface area (Å²) in [4.78, 5) is 6.25. The minimum absolute atomic E-state index is 0.177. The zero-order valence-electron chi connectivity index (χ0n) is 15.5. The smallest absolute Gasteiger partial charge is 0.191 e. The van der Waals surface area contributed by atoms with Crippen LogP contribution < -0.4 is 15.5 Å². The van der Waals surface area contributed by atoms with E-state index in [2.05, 4.69) is 22.5 Å². The standard InChI is InChI=1S/C19H31FN4O/c1-3-4-5-6-9-22-19(21-2)23-15-16-7-8-18(17(20)14-16)24-10-12-25-13-11-24/h7-8,14H,3-6,9-13,15H2,1-2H3,(H2,21,22,23). The molecule has 0 radical (unpaired) electrons. The Bertz CT molecular complexity index is 544. The molecule has 0 bridgehead atoms. The number of morpholine rings is 1. The first-order chi connectivity index (χ1) is 12.2. The fourth-order valence-corrected chi connectivity index (χ4v) is 2.89. The lowest BCUT2D eigenvalue weighted by atomic mass is 10.1. The van der Waals surface area contributed by atoms with Crippen LogP contribution in [-0.2, 0) is 11.3 Å². The number of hydrogen-bond acceptors (Lipinski definition) is 3. The van der Waals surface area contributed by atoms with Crippen LogP contribution in [-0.4, -0.2) is 45.9 Å². The molecule has 1 fully saturated rings. The van der Waals surface area contributed by atoms with E-state index in [1.807, 2.05) is 17.0 Å². The van der Waals surface area contributed by atoms with Crippen molar-refractivity contribution in [2.75, 3.05) is 44.8 Å². The van der Waals surface area contributed by atoms with Gasteiger partial charge in [0.25, 0.3) is 0 Å². The number of ether oxygens (including phenoxy) is 1. The number of nitrogens with one attached hydrogen (secondary N) is 2. The molecule has 1 aromatic carbocycles. The number of unbranched alkanes of at least 4 members (excludes halogenated alkanes) is 3. The van der Waals surface area contributed by atoms with Gasteiger partial charge >= 0.3 is 0 Å². The molecule has 25 heavy (non-hydrogen) atoms. The Labute approximate surface area is 150 Å². The molecule has 0 spiro atoms. The summed E-state index contributed by atoms with van der Waals surface area (Å²) >= 11 is 0. The zero-order valence-corrected chi connectivity index (χ0v) is 15.5. The van der Waals surface area contributed by atoms with Crippen molar-refractivity contribution in [1.82, 2.24) is 10.6 Å². The van der Waals surface area contributed by atoms with Gasteiger partial charge in [-0.05, 0) is 24.1 Å². The lowest BCUT2D eigenvalue weighted by Crippen LogP contribution is -2.37. The van der Waals surface area contributed by atoms with Crippen molar-refractivity contribution in [3.8, 4) is 0 Å². The maximum atomic E-state index is 14.4. The topological polar surface area (TPSA) is 48.9 Å². The monoisotopic (exact) mass is 350 g/mol. The summed E-state index contributed by atoms with van der Waals surface area (Å²) in [6.07, 6.45) is 4.87. The third-order valence-electron chi connectivity index (χ3n) is 4.37. The minimum atomic E-state index is -0.177. The van der Waals surface area contributed by atoms with Crippen LogP contribution in [0.4, 0.5) is 10.1 Å². The largest absolute Gasteiger partial charge is 0.378 e. The summed E-state index contributed by atoms with van der Waals surface area (Å²) in [5.74, 6) is 0.581. The first-order valence-corrected chi connectivity index (χ1v) is 9.30. The van der Waals surface area contributed by atoms with Gasteiger partial charge in [0, 0.05) is 33.2 Å². The van der Waals surface area contributed by atoms with E-state index in [1.165, 1.54) is 19.3 Å². The fraction of sp³-hybridized carbons (Fsp3) is 0.632. The highest BCUT2D eigenvalue weighted by Crippen LogP contribution is 2.21. The zero-order chi connectivity index (χ0) is 17.9. The molecule has 0 amide bonds. The molecule has 1 heterocycles. The first-order valence-electron chi connectivity index (χ1n) is 9.30. The van der Waals surface area contributed by atoms with Crippen LogP contribution in [0.25, 0.3) is 0 Å². The molecule has 0 atom stereocenters. The number of rotatable bonds is 8. The first kappa shape index (κ1) is 19.5. The van der Waals surface area contributed by atoms with Gasteiger partial charge in [-0.15, -0.1) is 0 Å². The van der Waals surface area contributed by atoms with E-state index >= 15 is 0 Å². The molecule has 5 nitrogen and oxygen atoms in total. The lowest BCUT2D eigenvalue weighted by molar-refractivity contribution is 0.122. The molecule has 1 aromatic rings. The van der Waals surface area contributed by atoms with Crippen LogP contribution in [0.3, 0.4) is 0 Å². The molecule has 2 rings (SSSR count). The SMILES string of the molecule is CCCCCCNC(=NC)NCc1ccc(N2CCOCC2)c(F)c1. The molecule has 140 valence electrons. The molecule has 1 aliphatic rings. The Kier molecular flexibility index (Phi) is 8.52. The third-order valence-corrected chi connectivity index (χ3v) is 4.37. The normalized spacial score (nSPS) is 15.3. The van der Waals surface area contributed by atoms with E-state index in [-0.39, 0.29) is 5.82 Å². The molecule has 1 saturated heterocycles. The van der Waals surface area contributed by atoms with Crippen molar-refractivity contribution >= 4 is 11.6 Å². The van der Waals surface area contributed by atoms with E-state index in [0.29, 0.717) is 25.4 Å². The van der Waals surface area contributed by atoms with E-state index in [0.717, 1.165) is 37.6 Å². The fourth-order valence-electron chi connectivity index (χ4n) is 2.89. The van der Waals surface area contributed by atoms with Crippen LogP contribution in [0, 0.1) is 5.82 Å².